The summed E-state index contributed by atoms with van der Waals surface area (Å²) in [6.45, 7) is 5.01. The Morgan fingerprint density at radius 1 is 1.25 bits per heavy atom. The Morgan fingerprint density at radius 2 is 2.12 bits per heavy atom. The molecule has 0 aromatic heterocycles. The zero-order valence-corrected chi connectivity index (χ0v) is 10.8. The summed E-state index contributed by atoms with van der Waals surface area (Å²) in [6.07, 6.45) is 7.74. The molecule has 1 fully saturated rings. The second kappa shape index (κ2) is 8.97. The highest BCUT2D eigenvalue weighted by Crippen LogP contribution is 2.21. The third-order valence-corrected chi connectivity index (χ3v) is 3.16. The largest absolute Gasteiger partial charge is 0.385 e. The maximum absolute atomic E-state index is 5.88. The van der Waals surface area contributed by atoms with Gasteiger partial charge in [0, 0.05) is 26.4 Å². The van der Waals surface area contributed by atoms with Crippen LogP contribution in [0, 0.1) is 0 Å². The molecule has 1 aliphatic rings. The van der Waals surface area contributed by atoms with E-state index in [-0.39, 0.29) is 0 Å². The molecule has 0 aromatic carbocycles. The van der Waals surface area contributed by atoms with Crippen LogP contribution in [0.25, 0.3) is 0 Å². The summed E-state index contributed by atoms with van der Waals surface area (Å²) in [7, 11) is 1.74. The highest BCUT2D eigenvalue weighted by molar-refractivity contribution is 4.78. The van der Waals surface area contributed by atoms with Crippen LogP contribution in [-0.4, -0.2) is 39.0 Å². The van der Waals surface area contributed by atoms with Gasteiger partial charge >= 0.3 is 0 Å². The molecule has 1 saturated carbocycles. The van der Waals surface area contributed by atoms with E-state index in [4.69, 9.17) is 9.47 Å². The fourth-order valence-corrected chi connectivity index (χ4v) is 2.28. The van der Waals surface area contributed by atoms with E-state index in [9.17, 15) is 0 Å². The number of nitrogens with one attached hydrogen (secondary N) is 1. The molecule has 1 N–H and O–H groups in total. The van der Waals surface area contributed by atoms with Gasteiger partial charge in [0.05, 0.1) is 6.10 Å². The van der Waals surface area contributed by atoms with Gasteiger partial charge in [-0.3, -0.25) is 0 Å². The van der Waals surface area contributed by atoms with Gasteiger partial charge in [0.2, 0.25) is 0 Å². The maximum Gasteiger partial charge on any atom is 0.0590 e. The first kappa shape index (κ1) is 13.9. The lowest BCUT2D eigenvalue weighted by Gasteiger charge is -2.29. The van der Waals surface area contributed by atoms with Crippen LogP contribution in [-0.2, 0) is 9.47 Å². The van der Waals surface area contributed by atoms with E-state index < -0.39 is 0 Å². The van der Waals surface area contributed by atoms with E-state index in [0.717, 1.165) is 26.2 Å². The number of hydrogen-bond donors (Lipinski definition) is 1. The van der Waals surface area contributed by atoms with Gasteiger partial charge in [0.15, 0.2) is 0 Å². The molecule has 96 valence electrons. The maximum atomic E-state index is 5.88. The second-order valence-electron chi connectivity index (χ2n) is 4.66. The number of methoxy groups -OCH3 is 1. The number of rotatable bonds is 8. The van der Waals surface area contributed by atoms with Crippen LogP contribution in [0.2, 0.25) is 0 Å². The molecule has 0 amide bonds. The van der Waals surface area contributed by atoms with Crippen molar-refractivity contribution in [2.24, 2.45) is 0 Å². The second-order valence-corrected chi connectivity index (χ2v) is 4.66. The highest BCUT2D eigenvalue weighted by atomic mass is 16.5. The zero-order chi connectivity index (χ0) is 11.6. The van der Waals surface area contributed by atoms with Crippen LogP contribution in [0.1, 0.15) is 45.4 Å². The molecule has 0 spiro atoms. The van der Waals surface area contributed by atoms with E-state index in [2.05, 4.69) is 12.2 Å². The molecule has 0 saturated heterocycles. The van der Waals surface area contributed by atoms with Gasteiger partial charge in [-0.05, 0) is 45.1 Å². The molecule has 3 heteroatoms. The summed E-state index contributed by atoms with van der Waals surface area (Å²) >= 11 is 0. The SMILES string of the molecule is CCCNC1CCCC(OCCCOC)C1. The minimum absolute atomic E-state index is 0.472. The standard InChI is InChI=1S/C13H27NO2/c1-3-8-14-12-6-4-7-13(11-12)16-10-5-9-15-2/h12-14H,3-11H2,1-2H3. The van der Waals surface area contributed by atoms with Crippen LogP contribution in [0.4, 0.5) is 0 Å². The van der Waals surface area contributed by atoms with E-state index in [1.807, 2.05) is 0 Å². The van der Waals surface area contributed by atoms with Gasteiger partial charge in [-0.1, -0.05) is 6.92 Å². The van der Waals surface area contributed by atoms with Crippen molar-refractivity contribution in [2.45, 2.75) is 57.6 Å². The lowest BCUT2D eigenvalue weighted by atomic mass is 9.93. The van der Waals surface area contributed by atoms with Crippen molar-refractivity contribution in [2.75, 3.05) is 26.9 Å². The number of hydrogen-bond acceptors (Lipinski definition) is 3. The topological polar surface area (TPSA) is 30.5 Å². The summed E-state index contributed by atoms with van der Waals surface area (Å²) in [5.74, 6) is 0. The van der Waals surface area contributed by atoms with Crippen LogP contribution in [0.5, 0.6) is 0 Å². The normalized spacial score (nSPS) is 25.9. The molecule has 0 heterocycles. The quantitative estimate of drug-likeness (QED) is 0.648. The van der Waals surface area contributed by atoms with Crippen LogP contribution < -0.4 is 5.32 Å². The predicted molar refractivity (Wildman–Crippen MR) is 66.8 cm³/mol. The molecular formula is C13H27NO2. The Morgan fingerprint density at radius 3 is 2.88 bits per heavy atom. The molecule has 16 heavy (non-hydrogen) atoms. The van der Waals surface area contributed by atoms with E-state index in [1.165, 1.54) is 32.1 Å². The Balaban J connectivity index is 2.07. The third kappa shape index (κ3) is 5.83. The van der Waals surface area contributed by atoms with Crippen molar-refractivity contribution < 1.29 is 9.47 Å². The summed E-state index contributed by atoms with van der Waals surface area (Å²) in [5, 5.41) is 3.60. The van der Waals surface area contributed by atoms with Crippen molar-refractivity contribution in [3.8, 4) is 0 Å². The minimum atomic E-state index is 0.472. The van der Waals surface area contributed by atoms with Crippen molar-refractivity contribution in [3.63, 3.8) is 0 Å². The van der Waals surface area contributed by atoms with Crippen LogP contribution in [0.15, 0.2) is 0 Å². The Hall–Kier alpha value is -0.120. The van der Waals surface area contributed by atoms with Crippen LogP contribution in [0.3, 0.4) is 0 Å². The van der Waals surface area contributed by atoms with Crippen molar-refractivity contribution in [1.29, 1.82) is 0 Å². The molecule has 0 aromatic rings. The van der Waals surface area contributed by atoms with Gasteiger partial charge in [-0.25, -0.2) is 0 Å². The summed E-state index contributed by atoms with van der Waals surface area (Å²) in [5.41, 5.74) is 0. The molecule has 2 unspecified atom stereocenters. The van der Waals surface area contributed by atoms with Crippen molar-refractivity contribution in [1.82, 2.24) is 5.32 Å². The van der Waals surface area contributed by atoms with E-state index >= 15 is 0 Å². The first-order valence-electron chi connectivity index (χ1n) is 6.70. The van der Waals surface area contributed by atoms with E-state index in [0.29, 0.717) is 12.1 Å². The molecule has 0 aliphatic heterocycles. The lowest BCUT2D eigenvalue weighted by Crippen LogP contribution is -2.37. The van der Waals surface area contributed by atoms with Gasteiger partial charge in [-0.2, -0.15) is 0 Å². The van der Waals surface area contributed by atoms with Gasteiger partial charge < -0.3 is 14.8 Å². The summed E-state index contributed by atoms with van der Waals surface area (Å²) in [4.78, 5) is 0. The Labute approximate surface area is 99.9 Å². The average molecular weight is 229 g/mol. The fourth-order valence-electron chi connectivity index (χ4n) is 2.28. The predicted octanol–water partition coefficient (Wildman–Crippen LogP) is 2.35. The third-order valence-electron chi connectivity index (χ3n) is 3.16. The fraction of sp³-hybridized carbons (Fsp3) is 1.00. The minimum Gasteiger partial charge on any atom is -0.385 e. The molecule has 0 radical (unpaired) electrons. The van der Waals surface area contributed by atoms with Gasteiger partial charge in [0.25, 0.3) is 0 Å². The average Bonchev–Trinajstić information content (AvgIpc) is 2.33. The van der Waals surface area contributed by atoms with Crippen LogP contribution >= 0.6 is 0 Å². The first-order valence-corrected chi connectivity index (χ1v) is 6.70. The van der Waals surface area contributed by atoms with Crippen molar-refractivity contribution in [3.05, 3.63) is 0 Å². The first-order chi connectivity index (χ1) is 7.86. The highest BCUT2D eigenvalue weighted by Gasteiger charge is 2.21. The monoisotopic (exact) mass is 229 g/mol. The summed E-state index contributed by atoms with van der Waals surface area (Å²) < 4.78 is 10.9. The van der Waals surface area contributed by atoms with Gasteiger partial charge in [0.1, 0.15) is 0 Å². The molecule has 3 nitrogen and oxygen atoms in total. The smallest absolute Gasteiger partial charge is 0.0590 e. The molecule has 1 aliphatic carbocycles. The van der Waals surface area contributed by atoms with Crippen molar-refractivity contribution >= 4 is 0 Å². The zero-order valence-electron chi connectivity index (χ0n) is 10.8. The molecular weight excluding hydrogens is 202 g/mol. The lowest BCUT2D eigenvalue weighted by molar-refractivity contribution is 0.0105. The molecule has 1 rings (SSSR count). The molecule has 2 atom stereocenters. The Kier molecular flexibility index (Phi) is 7.81. The Bertz CT molecular complexity index is 164. The number of ether oxygens (including phenoxy) is 2. The van der Waals surface area contributed by atoms with Gasteiger partial charge in [-0.15, -0.1) is 0 Å². The van der Waals surface area contributed by atoms with E-state index in [1.54, 1.807) is 7.11 Å². The molecule has 0 bridgehead atoms. The summed E-state index contributed by atoms with van der Waals surface area (Å²) in [6, 6.07) is 0.682.